The van der Waals surface area contributed by atoms with Crippen molar-refractivity contribution in [2.75, 3.05) is 6.61 Å². The van der Waals surface area contributed by atoms with Crippen LogP contribution in [0.2, 0.25) is 0 Å². The summed E-state index contributed by atoms with van der Waals surface area (Å²) in [4.78, 5) is 4.16. The lowest BCUT2D eigenvalue weighted by Crippen LogP contribution is -2.24. The molecular weight excluding hydrogens is 201 g/mol. The van der Waals surface area contributed by atoms with Crippen LogP contribution >= 0.6 is 0 Å². The highest BCUT2D eigenvalue weighted by Crippen LogP contribution is 2.13. The number of aromatic nitrogens is 3. The SMILES string of the molecule is Cn1cc(CNOCC(F)(F)F)nn1. The van der Waals surface area contributed by atoms with E-state index in [1.165, 1.54) is 4.68 Å². The molecule has 0 aliphatic heterocycles. The van der Waals surface area contributed by atoms with Crippen molar-refractivity contribution in [2.45, 2.75) is 12.7 Å². The molecule has 1 aromatic rings. The van der Waals surface area contributed by atoms with Gasteiger partial charge in [-0.25, -0.2) is 0 Å². The number of alkyl halides is 3. The molecule has 1 N–H and O–H groups in total. The molecule has 0 radical (unpaired) electrons. The molecule has 1 heterocycles. The number of nitrogens with one attached hydrogen (secondary N) is 1. The second-order valence-corrected chi connectivity index (χ2v) is 2.61. The Morgan fingerprint density at radius 3 is 2.79 bits per heavy atom. The molecule has 8 heteroatoms. The van der Waals surface area contributed by atoms with Crippen molar-refractivity contribution in [3.05, 3.63) is 11.9 Å². The van der Waals surface area contributed by atoms with E-state index in [4.69, 9.17) is 0 Å². The molecule has 0 aromatic carbocycles. The fourth-order valence-electron chi connectivity index (χ4n) is 0.734. The number of halogens is 3. The molecule has 0 aliphatic carbocycles. The van der Waals surface area contributed by atoms with Crippen molar-refractivity contribution in [3.8, 4) is 0 Å². The number of aryl methyl sites for hydroxylation is 1. The standard InChI is InChI=1S/C6H9F3N4O/c1-13-3-5(11-12-13)2-10-14-4-6(7,8)9/h3,10H,2,4H2,1H3. The van der Waals surface area contributed by atoms with Crippen LogP contribution in [0.5, 0.6) is 0 Å². The number of nitrogens with zero attached hydrogens (tertiary/aromatic N) is 3. The van der Waals surface area contributed by atoms with Crippen molar-refractivity contribution in [3.63, 3.8) is 0 Å². The summed E-state index contributed by atoms with van der Waals surface area (Å²) < 4.78 is 36.2. The molecule has 0 amide bonds. The number of rotatable bonds is 4. The Morgan fingerprint density at radius 2 is 2.29 bits per heavy atom. The summed E-state index contributed by atoms with van der Waals surface area (Å²) in [5.41, 5.74) is 2.64. The van der Waals surface area contributed by atoms with Crippen LogP contribution in [0.25, 0.3) is 0 Å². The maximum absolute atomic E-state index is 11.6. The molecule has 1 aromatic heterocycles. The van der Waals surface area contributed by atoms with Crippen LogP contribution < -0.4 is 5.48 Å². The Morgan fingerprint density at radius 1 is 1.57 bits per heavy atom. The molecule has 0 aliphatic rings. The summed E-state index contributed by atoms with van der Waals surface area (Å²) in [5.74, 6) is 0. The lowest BCUT2D eigenvalue weighted by molar-refractivity contribution is -0.190. The maximum Gasteiger partial charge on any atom is 0.413 e. The Hall–Kier alpha value is -1.15. The van der Waals surface area contributed by atoms with Gasteiger partial charge in [0.1, 0.15) is 0 Å². The van der Waals surface area contributed by atoms with E-state index in [2.05, 4.69) is 20.6 Å². The van der Waals surface area contributed by atoms with E-state index >= 15 is 0 Å². The van der Waals surface area contributed by atoms with Crippen LogP contribution in [0, 0.1) is 0 Å². The average Bonchev–Trinajstić information content (AvgIpc) is 2.44. The molecule has 80 valence electrons. The molecule has 5 nitrogen and oxygen atoms in total. The third kappa shape index (κ3) is 4.19. The van der Waals surface area contributed by atoms with Gasteiger partial charge in [0.2, 0.25) is 0 Å². The molecule has 0 atom stereocenters. The van der Waals surface area contributed by atoms with Gasteiger partial charge in [0, 0.05) is 13.2 Å². The molecule has 1 rings (SSSR count). The molecule has 0 saturated carbocycles. The Bertz CT molecular complexity index is 285. The summed E-state index contributed by atoms with van der Waals surface area (Å²) in [6, 6.07) is 0. The Kier molecular flexibility index (Phi) is 3.42. The monoisotopic (exact) mass is 210 g/mol. The van der Waals surface area contributed by atoms with Crippen LogP contribution in [-0.2, 0) is 18.4 Å². The first-order chi connectivity index (χ1) is 6.47. The highest BCUT2D eigenvalue weighted by molar-refractivity contribution is 4.89. The topological polar surface area (TPSA) is 52.0 Å². The minimum Gasteiger partial charge on any atom is -0.292 e. The first-order valence-corrected chi connectivity index (χ1v) is 3.74. The molecule has 14 heavy (non-hydrogen) atoms. The minimum atomic E-state index is -4.32. The zero-order valence-electron chi connectivity index (χ0n) is 7.38. The average molecular weight is 210 g/mol. The van der Waals surface area contributed by atoms with Crippen LogP contribution in [0.15, 0.2) is 6.20 Å². The lowest BCUT2D eigenvalue weighted by atomic mass is 10.5. The van der Waals surface area contributed by atoms with Gasteiger partial charge in [-0.2, -0.15) is 18.7 Å². The van der Waals surface area contributed by atoms with Crippen LogP contribution in [0.3, 0.4) is 0 Å². The highest BCUT2D eigenvalue weighted by atomic mass is 19.4. The molecule has 0 bridgehead atoms. The van der Waals surface area contributed by atoms with E-state index in [-0.39, 0.29) is 6.54 Å². The van der Waals surface area contributed by atoms with Crippen molar-refractivity contribution >= 4 is 0 Å². The van der Waals surface area contributed by atoms with Crippen molar-refractivity contribution in [1.29, 1.82) is 0 Å². The fraction of sp³-hybridized carbons (Fsp3) is 0.667. The van der Waals surface area contributed by atoms with Gasteiger partial charge in [-0.05, 0) is 0 Å². The maximum atomic E-state index is 11.6. The summed E-state index contributed by atoms with van der Waals surface area (Å²) in [6.07, 6.45) is -2.75. The second-order valence-electron chi connectivity index (χ2n) is 2.61. The van der Waals surface area contributed by atoms with Crippen LogP contribution in [0.4, 0.5) is 13.2 Å². The summed E-state index contributed by atoms with van der Waals surface area (Å²) in [5, 5.41) is 7.23. The summed E-state index contributed by atoms with van der Waals surface area (Å²) in [7, 11) is 1.66. The van der Waals surface area contributed by atoms with E-state index in [0.29, 0.717) is 5.69 Å². The van der Waals surface area contributed by atoms with Crippen molar-refractivity contribution in [2.24, 2.45) is 7.05 Å². The molecule has 0 spiro atoms. The van der Waals surface area contributed by atoms with Gasteiger partial charge in [0.15, 0.2) is 6.61 Å². The molecule has 0 fully saturated rings. The van der Waals surface area contributed by atoms with Gasteiger partial charge in [-0.1, -0.05) is 5.21 Å². The third-order valence-corrected chi connectivity index (χ3v) is 1.24. The fourth-order valence-corrected chi connectivity index (χ4v) is 0.734. The second kappa shape index (κ2) is 4.38. The summed E-state index contributed by atoms with van der Waals surface area (Å²) >= 11 is 0. The number of hydrogen-bond donors (Lipinski definition) is 1. The van der Waals surface area contributed by atoms with Gasteiger partial charge >= 0.3 is 6.18 Å². The molecule has 0 unspecified atom stereocenters. The number of hydrogen-bond acceptors (Lipinski definition) is 4. The Balaban J connectivity index is 2.16. The van der Waals surface area contributed by atoms with Gasteiger partial charge in [0.25, 0.3) is 0 Å². The zero-order chi connectivity index (χ0) is 10.6. The van der Waals surface area contributed by atoms with E-state index < -0.39 is 12.8 Å². The molecular formula is C6H9F3N4O. The van der Waals surface area contributed by atoms with Crippen molar-refractivity contribution in [1.82, 2.24) is 20.5 Å². The van der Waals surface area contributed by atoms with E-state index in [0.717, 1.165) is 0 Å². The smallest absolute Gasteiger partial charge is 0.292 e. The van der Waals surface area contributed by atoms with Crippen LogP contribution in [-0.4, -0.2) is 27.8 Å². The van der Waals surface area contributed by atoms with E-state index in [1.54, 1.807) is 13.2 Å². The third-order valence-electron chi connectivity index (χ3n) is 1.24. The van der Waals surface area contributed by atoms with Crippen molar-refractivity contribution < 1.29 is 18.0 Å². The van der Waals surface area contributed by atoms with Gasteiger partial charge in [0.05, 0.1) is 12.2 Å². The van der Waals surface area contributed by atoms with E-state index in [9.17, 15) is 13.2 Å². The lowest BCUT2D eigenvalue weighted by Gasteiger charge is -2.06. The minimum absolute atomic E-state index is 0.0872. The zero-order valence-corrected chi connectivity index (χ0v) is 7.38. The first kappa shape index (κ1) is 10.9. The largest absolute Gasteiger partial charge is 0.413 e. The summed E-state index contributed by atoms with van der Waals surface area (Å²) in [6.45, 7) is -1.24. The van der Waals surface area contributed by atoms with Gasteiger partial charge in [-0.15, -0.1) is 5.10 Å². The Labute approximate surface area is 77.8 Å². The predicted octanol–water partition coefficient (Wildman–Crippen LogP) is 0.399. The quantitative estimate of drug-likeness (QED) is 0.577. The molecule has 0 saturated heterocycles. The van der Waals surface area contributed by atoms with E-state index in [1.807, 2.05) is 0 Å². The normalized spacial score (nSPS) is 12.0. The predicted molar refractivity (Wildman–Crippen MR) is 39.8 cm³/mol. The van der Waals surface area contributed by atoms with Crippen LogP contribution in [0.1, 0.15) is 5.69 Å². The number of hydroxylamine groups is 1. The highest BCUT2D eigenvalue weighted by Gasteiger charge is 2.27. The van der Waals surface area contributed by atoms with Gasteiger partial charge in [-0.3, -0.25) is 9.52 Å². The first-order valence-electron chi connectivity index (χ1n) is 3.74. The van der Waals surface area contributed by atoms with Gasteiger partial charge < -0.3 is 0 Å².